The average Bonchev–Trinajstić information content (AvgIpc) is 3.16. The van der Waals surface area contributed by atoms with E-state index < -0.39 is 27.7 Å². The first-order valence-electron chi connectivity index (χ1n) is 12.2. The van der Waals surface area contributed by atoms with Crippen LogP contribution in [0.25, 0.3) is 10.4 Å². The fourth-order valence-corrected chi connectivity index (χ4v) is 6.61. The zero-order valence-corrected chi connectivity index (χ0v) is 23.9. The summed E-state index contributed by atoms with van der Waals surface area (Å²) in [5.74, 6) is 0.169. The second kappa shape index (κ2) is 11.4. The number of benzene rings is 1. The molecule has 0 aliphatic heterocycles. The number of carbonyl (C=O) groups is 2. The van der Waals surface area contributed by atoms with E-state index in [1.807, 2.05) is 0 Å². The van der Waals surface area contributed by atoms with Crippen molar-refractivity contribution in [2.24, 2.45) is 0 Å². The number of amides is 2. The highest BCUT2D eigenvalue weighted by Gasteiger charge is 2.34. The lowest BCUT2D eigenvalue weighted by Crippen LogP contribution is -2.44. The Morgan fingerprint density at radius 2 is 1.68 bits per heavy atom. The van der Waals surface area contributed by atoms with Crippen LogP contribution in [0.5, 0.6) is 0 Å². The number of aromatic nitrogens is 1. The van der Waals surface area contributed by atoms with Gasteiger partial charge in [0, 0.05) is 34.9 Å². The lowest BCUT2D eigenvalue weighted by atomic mass is 9.81. The summed E-state index contributed by atoms with van der Waals surface area (Å²) in [4.78, 5) is 29.2. The van der Waals surface area contributed by atoms with Gasteiger partial charge in [-0.3, -0.25) is 5.32 Å². The van der Waals surface area contributed by atoms with Gasteiger partial charge in [0.1, 0.15) is 0 Å². The number of nitrogens with zero attached hydrogens (tertiary/aromatic N) is 1. The maximum absolute atomic E-state index is 13.4. The molecule has 1 aromatic carbocycles. The van der Waals surface area contributed by atoms with Crippen molar-refractivity contribution in [3.05, 3.63) is 29.4 Å². The Hall–Kier alpha value is -2.70. The van der Waals surface area contributed by atoms with Gasteiger partial charge in [0.2, 0.25) is 10.0 Å². The zero-order valence-electron chi connectivity index (χ0n) is 22.2. The minimum atomic E-state index is -3.94. The van der Waals surface area contributed by atoms with E-state index in [1.54, 1.807) is 66.8 Å². The van der Waals surface area contributed by atoms with Crippen molar-refractivity contribution in [3.8, 4) is 10.4 Å². The van der Waals surface area contributed by atoms with E-state index in [9.17, 15) is 18.0 Å². The van der Waals surface area contributed by atoms with E-state index in [0.29, 0.717) is 16.1 Å². The molecule has 0 spiro atoms. The Morgan fingerprint density at radius 1 is 1.05 bits per heavy atom. The molecule has 0 unspecified atom stereocenters. The van der Waals surface area contributed by atoms with E-state index in [4.69, 9.17) is 9.47 Å². The van der Waals surface area contributed by atoms with Gasteiger partial charge in [0.25, 0.3) is 0 Å². The van der Waals surface area contributed by atoms with E-state index in [-0.39, 0.29) is 29.1 Å². The van der Waals surface area contributed by atoms with Gasteiger partial charge in [-0.2, -0.15) is 0 Å². The first kappa shape index (κ1) is 28.9. The number of thiazole rings is 1. The van der Waals surface area contributed by atoms with Gasteiger partial charge in [-0.05, 0) is 73.4 Å². The summed E-state index contributed by atoms with van der Waals surface area (Å²) in [6, 6.07) is 4.74. The Balaban J connectivity index is 1.83. The molecule has 3 rings (SSSR count). The Morgan fingerprint density at radius 3 is 2.27 bits per heavy atom. The minimum absolute atomic E-state index is 0.0199. The first-order valence-corrected chi connectivity index (χ1v) is 14.5. The summed E-state index contributed by atoms with van der Waals surface area (Å²) in [6.45, 7) is 12.3. The van der Waals surface area contributed by atoms with E-state index in [2.05, 4.69) is 20.3 Å². The third kappa shape index (κ3) is 8.14. The Kier molecular flexibility index (Phi) is 8.86. The van der Waals surface area contributed by atoms with Gasteiger partial charge in [0.05, 0.1) is 27.0 Å². The number of alkyl carbamates (subject to hydrolysis) is 1. The molecule has 1 aliphatic rings. The van der Waals surface area contributed by atoms with Gasteiger partial charge in [-0.1, -0.05) is 6.07 Å². The highest BCUT2D eigenvalue weighted by Crippen LogP contribution is 2.42. The summed E-state index contributed by atoms with van der Waals surface area (Å²) in [5.41, 5.74) is 0.0759. The molecule has 37 heavy (non-hydrogen) atoms. The summed E-state index contributed by atoms with van der Waals surface area (Å²) in [6.07, 6.45) is 1.54. The molecule has 10 nitrogen and oxygen atoms in total. The second-order valence-corrected chi connectivity index (χ2v) is 13.4. The van der Waals surface area contributed by atoms with Crippen molar-refractivity contribution in [2.75, 3.05) is 5.32 Å². The van der Waals surface area contributed by atoms with Crippen molar-refractivity contribution >= 4 is 39.2 Å². The van der Waals surface area contributed by atoms with Crippen LogP contribution in [0, 0.1) is 0 Å². The van der Waals surface area contributed by atoms with Crippen LogP contribution in [0.1, 0.15) is 72.2 Å². The number of anilines is 1. The third-order valence-electron chi connectivity index (χ3n) is 5.24. The van der Waals surface area contributed by atoms with Crippen LogP contribution >= 0.6 is 11.3 Å². The van der Waals surface area contributed by atoms with Gasteiger partial charge in [-0.25, -0.2) is 27.7 Å². The standard InChI is InChI=1S/C25H36N4O6S2/c1-14(2)34-23(30)27-17-8-9-19(21(12-17)37(32,33)29-25(5,6)7)20-13-26-22(36-20)16-10-18(11-16)28-24(31)35-15(3)4/h8-9,12-16,18,29H,10-11H2,1-7H3,(H,27,30)(H,28,31)/t16-,18-. The zero-order chi connectivity index (χ0) is 27.5. The summed E-state index contributed by atoms with van der Waals surface area (Å²) >= 11 is 1.42. The highest BCUT2D eigenvalue weighted by atomic mass is 32.2. The molecule has 2 aromatic rings. The highest BCUT2D eigenvalue weighted by molar-refractivity contribution is 7.89. The summed E-state index contributed by atoms with van der Waals surface area (Å²) < 4.78 is 39.7. The first-order chi connectivity index (χ1) is 17.1. The molecule has 1 heterocycles. The molecule has 1 aliphatic carbocycles. The smallest absolute Gasteiger partial charge is 0.411 e. The molecular formula is C25H36N4O6S2. The number of rotatable bonds is 8. The van der Waals surface area contributed by atoms with Crippen molar-refractivity contribution < 1.29 is 27.5 Å². The molecule has 0 radical (unpaired) electrons. The average molecular weight is 553 g/mol. The fraction of sp³-hybridized carbons (Fsp3) is 0.560. The maximum atomic E-state index is 13.4. The van der Waals surface area contributed by atoms with Crippen molar-refractivity contribution in [3.63, 3.8) is 0 Å². The van der Waals surface area contributed by atoms with Crippen LogP contribution < -0.4 is 15.4 Å². The van der Waals surface area contributed by atoms with Crippen LogP contribution in [-0.4, -0.2) is 49.4 Å². The quantitative estimate of drug-likeness (QED) is 0.408. The van der Waals surface area contributed by atoms with Crippen LogP contribution in [-0.2, 0) is 19.5 Å². The topological polar surface area (TPSA) is 136 Å². The summed E-state index contributed by atoms with van der Waals surface area (Å²) in [7, 11) is -3.94. The Labute approximate surface area is 222 Å². The van der Waals surface area contributed by atoms with E-state index in [1.165, 1.54) is 17.4 Å². The second-order valence-electron chi connectivity index (χ2n) is 10.7. The predicted octanol–water partition coefficient (Wildman–Crippen LogP) is 5.22. The number of carbonyl (C=O) groups excluding carboxylic acids is 2. The lowest BCUT2D eigenvalue weighted by Gasteiger charge is -2.34. The molecule has 3 N–H and O–H groups in total. The normalized spacial score (nSPS) is 17.9. The van der Waals surface area contributed by atoms with E-state index in [0.717, 1.165) is 17.8 Å². The number of nitrogens with one attached hydrogen (secondary N) is 3. The molecule has 1 saturated carbocycles. The number of ether oxygens (including phenoxy) is 2. The van der Waals surface area contributed by atoms with Crippen molar-refractivity contribution in [1.29, 1.82) is 0 Å². The van der Waals surface area contributed by atoms with Gasteiger partial charge in [-0.15, -0.1) is 11.3 Å². The number of hydrogen-bond acceptors (Lipinski definition) is 8. The molecule has 204 valence electrons. The SMILES string of the molecule is CC(C)OC(=O)Nc1ccc(-c2cnc([C@H]3C[C@H](NC(=O)OC(C)C)C3)s2)c(S(=O)(=O)NC(C)(C)C)c1. The van der Waals surface area contributed by atoms with E-state index >= 15 is 0 Å². The molecule has 12 heteroatoms. The van der Waals surface area contributed by atoms with Gasteiger partial charge >= 0.3 is 12.2 Å². The number of hydrogen-bond donors (Lipinski definition) is 3. The number of sulfonamides is 1. The molecule has 1 fully saturated rings. The monoisotopic (exact) mass is 552 g/mol. The molecule has 0 saturated heterocycles. The molecule has 0 bridgehead atoms. The predicted molar refractivity (Wildman–Crippen MR) is 143 cm³/mol. The van der Waals surface area contributed by atoms with Gasteiger partial charge in [0.15, 0.2) is 0 Å². The lowest BCUT2D eigenvalue weighted by molar-refractivity contribution is 0.106. The molecule has 1 aromatic heterocycles. The molecule has 0 atom stereocenters. The van der Waals surface area contributed by atoms with Crippen LogP contribution in [0.3, 0.4) is 0 Å². The Bertz CT molecular complexity index is 1230. The van der Waals surface area contributed by atoms with Crippen LogP contribution in [0.2, 0.25) is 0 Å². The maximum Gasteiger partial charge on any atom is 0.411 e. The molecular weight excluding hydrogens is 516 g/mol. The fourth-order valence-electron chi connectivity index (χ4n) is 3.80. The van der Waals surface area contributed by atoms with Gasteiger partial charge < -0.3 is 14.8 Å². The largest absolute Gasteiger partial charge is 0.447 e. The third-order valence-corrected chi connectivity index (χ3v) is 8.23. The van der Waals surface area contributed by atoms with Crippen LogP contribution in [0.4, 0.5) is 15.3 Å². The molecule has 2 amide bonds. The van der Waals surface area contributed by atoms with Crippen molar-refractivity contribution in [1.82, 2.24) is 15.0 Å². The summed E-state index contributed by atoms with van der Waals surface area (Å²) in [5, 5.41) is 6.32. The minimum Gasteiger partial charge on any atom is -0.447 e. The van der Waals surface area contributed by atoms with Crippen LogP contribution in [0.15, 0.2) is 29.3 Å². The van der Waals surface area contributed by atoms with Crippen molar-refractivity contribution in [2.45, 2.75) is 95.9 Å².